The molecule has 7 nitrogen and oxygen atoms in total. The minimum atomic E-state index is -0.892. The summed E-state index contributed by atoms with van der Waals surface area (Å²) < 4.78 is 0. The second-order valence-corrected chi connectivity index (χ2v) is 4.90. The third kappa shape index (κ3) is 7.30. The summed E-state index contributed by atoms with van der Waals surface area (Å²) in [5.41, 5.74) is 6.78. The molecule has 0 atom stereocenters. The van der Waals surface area contributed by atoms with Crippen molar-refractivity contribution in [1.82, 2.24) is 0 Å². The van der Waals surface area contributed by atoms with Crippen molar-refractivity contribution in [3.8, 4) is 0 Å². The highest BCUT2D eigenvalue weighted by atomic mass is 32.1. The minimum Gasteiger partial charge on any atom is -0.392 e. The van der Waals surface area contributed by atoms with E-state index in [2.05, 4.69) is 17.5 Å². The van der Waals surface area contributed by atoms with Crippen LogP contribution in [0.5, 0.6) is 0 Å². The third-order valence-corrected chi connectivity index (χ3v) is 2.97. The average molecular weight is 336 g/mol. The first kappa shape index (κ1) is 18.5. The first-order valence-corrected chi connectivity index (χ1v) is 6.92. The van der Waals surface area contributed by atoms with E-state index in [0.29, 0.717) is 11.1 Å². The highest BCUT2D eigenvalue weighted by molar-refractivity contribution is 7.80. The molecule has 0 fully saturated rings. The Balaban J connectivity index is 0.000000253. The van der Waals surface area contributed by atoms with Crippen LogP contribution >= 0.6 is 12.6 Å². The van der Waals surface area contributed by atoms with Gasteiger partial charge in [-0.25, -0.2) is 0 Å². The molecular formula is C15H16N2O5S. The van der Waals surface area contributed by atoms with Crippen molar-refractivity contribution in [1.29, 1.82) is 0 Å². The largest absolute Gasteiger partial charge is 0.392 e. The maximum atomic E-state index is 10.7. The van der Waals surface area contributed by atoms with Crippen LogP contribution in [-0.2, 0) is 18.1 Å². The van der Waals surface area contributed by atoms with Crippen molar-refractivity contribution in [2.24, 2.45) is 5.73 Å². The summed E-state index contributed by atoms with van der Waals surface area (Å²) in [5.74, 6) is -0.576. The number of primary amides is 1. The Labute approximate surface area is 138 Å². The molecule has 0 saturated carbocycles. The number of benzene rings is 2. The zero-order valence-electron chi connectivity index (χ0n) is 12.1. The number of aliphatic hydroxyl groups is 1. The molecule has 0 bridgehead atoms. The summed E-state index contributed by atoms with van der Waals surface area (Å²) >= 11 is 4.09. The van der Waals surface area contributed by atoms with E-state index in [9.17, 15) is 14.9 Å². The molecule has 3 N–H and O–H groups in total. The fraction of sp³-hybridized carbons (Fsp3) is 0.133. The van der Waals surface area contributed by atoms with Gasteiger partial charge in [-0.2, -0.15) is 0 Å². The molecule has 0 unspecified atom stereocenters. The standard InChI is InChI=1S/C8H8N2O4.C7H8OS/c9-8(11)7-3-1-2-6(4-7)5-14-10(12)13;8-5-6-1-3-7(9)4-2-6/h1-4H,5H2,(H2,9,11);1-4,8-9H,5H2. The first-order valence-electron chi connectivity index (χ1n) is 6.47. The molecule has 1 amide bonds. The molecule has 0 aliphatic heterocycles. The van der Waals surface area contributed by atoms with Gasteiger partial charge in [-0.3, -0.25) is 4.79 Å². The number of thiol groups is 1. The highest BCUT2D eigenvalue weighted by Gasteiger charge is 2.02. The van der Waals surface area contributed by atoms with E-state index in [1.165, 1.54) is 12.1 Å². The topological polar surface area (TPSA) is 116 Å². The van der Waals surface area contributed by atoms with Gasteiger partial charge in [0.2, 0.25) is 5.91 Å². The van der Waals surface area contributed by atoms with Gasteiger partial charge in [0.05, 0.1) is 6.61 Å². The van der Waals surface area contributed by atoms with Crippen molar-refractivity contribution in [2.45, 2.75) is 18.1 Å². The summed E-state index contributed by atoms with van der Waals surface area (Å²) in [6.45, 7) is -0.0812. The van der Waals surface area contributed by atoms with E-state index < -0.39 is 11.0 Å². The molecule has 0 aliphatic carbocycles. The molecule has 23 heavy (non-hydrogen) atoms. The first-order chi connectivity index (χ1) is 10.9. The predicted octanol–water partition coefficient (Wildman–Crippen LogP) is 1.96. The van der Waals surface area contributed by atoms with E-state index in [-0.39, 0.29) is 13.2 Å². The fourth-order valence-electron chi connectivity index (χ4n) is 1.54. The van der Waals surface area contributed by atoms with Gasteiger partial charge in [0.1, 0.15) is 6.61 Å². The van der Waals surface area contributed by atoms with Crippen LogP contribution in [0.1, 0.15) is 21.5 Å². The number of nitrogens with two attached hydrogens (primary N) is 1. The van der Waals surface area contributed by atoms with E-state index in [1.54, 1.807) is 12.1 Å². The van der Waals surface area contributed by atoms with Gasteiger partial charge in [0.15, 0.2) is 0 Å². The molecule has 0 aliphatic rings. The van der Waals surface area contributed by atoms with E-state index in [1.807, 2.05) is 24.3 Å². The Kier molecular flexibility index (Phi) is 7.58. The summed E-state index contributed by atoms with van der Waals surface area (Å²) in [5, 5.41) is 17.6. The number of amides is 1. The number of aliphatic hydroxyl groups excluding tert-OH is 1. The number of carbonyl (C=O) groups is 1. The molecule has 2 rings (SSSR count). The van der Waals surface area contributed by atoms with Gasteiger partial charge < -0.3 is 15.7 Å². The lowest BCUT2D eigenvalue weighted by Gasteiger charge is -2.00. The SMILES string of the molecule is NC(=O)c1cccc(CO[N+](=O)[O-])c1.OCc1ccc(S)cc1. The molecule has 8 heteroatoms. The second-order valence-electron chi connectivity index (χ2n) is 4.39. The molecular weight excluding hydrogens is 320 g/mol. The zero-order chi connectivity index (χ0) is 17.2. The van der Waals surface area contributed by atoms with Gasteiger partial charge in [0.25, 0.3) is 5.09 Å². The Morgan fingerprint density at radius 1 is 1.22 bits per heavy atom. The van der Waals surface area contributed by atoms with Crippen LogP contribution in [0, 0.1) is 10.1 Å². The Hall–Kier alpha value is -2.58. The zero-order valence-corrected chi connectivity index (χ0v) is 13.0. The van der Waals surface area contributed by atoms with Gasteiger partial charge in [-0.1, -0.05) is 24.3 Å². The molecule has 2 aromatic carbocycles. The Bertz CT molecular complexity index is 661. The quantitative estimate of drug-likeness (QED) is 0.438. The van der Waals surface area contributed by atoms with Crippen LogP contribution < -0.4 is 5.73 Å². The predicted molar refractivity (Wildman–Crippen MR) is 86.4 cm³/mol. The lowest BCUT2D eigenvalue weighted by Crippen LogP contribution is -2.11. The van der Waals surface area contributed by atoms with Crippen LogP contribution in [-0.4, -0.2) is 16.1 Å². The normalized spacial score (nSPS) is 9.48. The Morgan fingerprint density at radius 2 is 1.87 bits per heavy atom. The summed E-state index contributed by atoms with van der Waals surface area (Å²) in [6, 6.07) is 13.6. The maximum Gasteiger partial charge on any atom is 0.294 e. The second kappa shape index (κ2) is 9.44. The number of nitrogens with zero attached hydrogens (tertiary/aromatic N) is 1. The molecule has 2 aromatic rings. The van der Waals surface area contributed by atoms with E-state index in [0.717, 1.165) is 10.5 Å². The lowest BCUT2D eigenvalue weighted by atomic mass is 10.1. The van der Waals surface area contributed by atoms with Crippen molar-refractivity contribution in [3.05, 3.63) is 75.3 Å². The van der Waals surface area contributed by atoms with Crippen LogP contribution in [0.15, 0.2) is 53.4 Å². The molecule has 0 spiro atoms. The van der Waals surface area contributed by atoms with Gasteiger partial charge in [0, 0.05) is 10.5 Å². The summed E-state index contributed by atoms with van der Waals surface area (Å²) in [4.78, 5) is 25.7. The molecule has 0 saturated heterocycles. The molecule has 0 aromatic heterocycles. The number of carbonyl (C=O) groups excluding carboxylic acids is 1. The van der Waals surface area contributed by atoms with Crippen LogP contribution in [0.3, 0.4) is 0 Å². The molecule has 122 valence electrons. The monoisotopic (exact) mass is 336 g/mol. The van der Waals surface area contributed by atoms with E-state index in [4.69, 9.17) is 10.8 Å². The summed E-state index contributed by atoms with van der Waals surface area (Å²) in [7, 11) is 0. The van der Waals surface area contributed by atoms with Gasteiger partial charge in [-0.15, -0.1) is 22.7 Å². The Morgan fingerprint density at radius 3 is 2.39 bits per heavy atom. The highest BCUT2D eigenvalue weighted by Crippen LogP contribution is 2.07. The molecule has 0 heterocycles. The maximum absolute atomic E-state index is 10.7. The number of hydrogen-bond acceptors (Lipinski definition) is 6. The third-order valence-electron chi connectivity index (χ3n) is 2.67. The van der Waals surface area contributed by atoms with Crippen molar-refractivity contribution < 1.29 is 19.8 Å². The number of rotatable bonds is 5. The van der Waals surface area contributed by atoms with E-state index >= 15 is 0 Å². The molecule has 0 radical (unpaired) electrons. The van der Waals surface area contributed by atoms with Gasteiger partial charge in [-0.05, 0) is 35.4 Å². The average Bonchev–Trinajstić information content (AvgIpc) is 2.54. The summed E-state index contributed by atoms with van der Waals surface area (Å²) in [6.07, 6.45) is 0. The van der Waals surface area contributed by atoms with Crippen molar-refractivity contribution in [3.63, 3.8) is 0 Å². The van der Waals surface area contributed by atoms with Crippen molar-refractivity contribution >= 4 is 18.5 Å². The van der Waals surface area contributed by atoms with Crippen LogP contribution in [0.4, 0.5) is 0 Å². The lowest BCUT2D eigenvalue weighted by molar-refractivity contribution is -0.763. The minimum absolute atomic E-state index is 0.105. The van der Waals surface area contributed by atoms with Crippen molar-refractivity contribution in [2.75, 3.05) is 0 Å². The van der Waals surface area contributed by atoms with Gasteiger partial charge >= 0.3 is 0 Å². The van der Waals surface area contributed by atoms with Crippen LogP contribution in [0.25, 0.3) is 0 Å². The smallest absolute Gasteiger partial charge is 0.294 e. The number of hydrogen-bond donors (Lipinski definition) is 3. The fourth-order valence-corrected chi connectivity index (χ4v) is 1.69. The van der Waals surface area contributed by atoms with Crippen LogP contribution in [0.2, 0.25) is 0 Å².